The number of hydrogen-bond donors (Lipinski definition) is 3. The van der Waals surface area contributed by atoms with E-state index in [9.17, 15) is 39.3 Å². The van der Waals surface area contributed by atoms with Crippen LogP contribution in [-0.4, -0.2) is 105 Å². The van der Waals surface area contributed by atoms with Crippen LogP contribution in [0.1, 0.15) is 139 Å². The van der Waals surface area contributed by atoms with Crippen molar-refractivity contribution in [3.8, 4) is 0 Å². The van der Waals surface area contributed by atoms with Gasteiger partial charge < -0.3 is 34.4 Å². The average Bonchev–Trinajstić information content (AvgIpc) is 3.25. The van der Waals surface area contributed by atoms with Crippen LogP contribution in [0.4, 0.5) is 0 Å². The first-order chi connectivity index (χ1) is 29.7. The minimum Gasteiger partial charge on any atom is -0.460 e. The van der Waals surface area contributed by atoms with Crippen LogP contribution >= 0.6 is 0 Å². The molecule has 63 heavy (non-hydrogen) atoms. The van der Waals surface area contributed by atoms with E-state index >= 15 is 0 Å². The molecule has 1 aliphatic carbocycles. The summed E-state index contributed by atoms with van der Waals surface area (Å²) in [4.78, 5) is 71.5. The number of methoxy groups -OCH3 is 1. The van der Waals surface area contributed by atoms with Crippen LogP contribution in [0.25, 0.3) is 0 Å². The number of aliphatic hydroxyl groups excluding tert-OH is 2. The lowest BCUT2D eigenvalue weighted by molar-refractivity contribution is -0.265. The van der Waals surface area contributed by atoms with E-state index in [1.807, 2.05) is 65.0 Å². The fourth-order valence-corrected chi connectivity index (χ4v) is 10.2. The highest BCUT2D eigenvalue weighted by Crippen LogP contribution is 2.38. The topological polar surface area (TPSA) is 177 Å². The smallest absolute Gasteiger partial charge is 0.329 e. The van der Waals surface area contributed by atoms with Crippen molar-refractivity contribution < 1.29 is 53.5 Å². The predicted octanol–water partition coefficient (Wildman–Crippen LogP) is 7.42. The van der Waals surface area contributed by atoms with Gasteiger partial charge in [0, 0.05) is 50.2 Å². The highest BCUT2D eigenvalue weighted by molar-refractivity contribution is 6.39. The summed E-state index contributed by atoms with van der Waals surface area (Å²) in [6.45, 7) is 16.8. The molecule has 3 fully saturated rings. The number of allylic oxidation sites excluding steroid dienone is 6. The zero-order chi connectivity index (χ0) is 46.8. The molecular formula is C51H79NO11. The SMILES string of the molecule is CO[C@H]1C[C@@H]2CC[C@@H](C)[C@@](O)(O2)C(=O)C(=O)N2CCCCC2C(=O)O[C@H]([C@H](C)C[C@@H]2CC[C@@H](O)[C@H](C)C2)CC(=O)[C@H](C)/C=C(\C)[C@H](O)[C@@H](C)C(=O)[C@H](C)C[C@H](C)/C=C/C=CC=C1C. The molecule has 12 nitrogen and oxygen atoms in total. The zero-order valence-electron chi connectivity index (χ0n) is 39.8. The van der Waals surface area contributed by atoms with Gasteiger partial charge in [-0.3, -0.25) is 19.2 Å². The highest BCUT2D eigenvalue weighted by atomic mass is 16.6. The van der Waals surface area contributed by atoms with Gasteiger partial charge in [-0.05, 0) is 113 Å². The molecule has 4 aliphatic rings. The molecule has 354 valence electrons. The number of cyclic esters (lactones) is 1. The number of hydrogen-bond acceptors (Lipinski definition) is 11. The average molecular weight is 882 g/mol. The van der Waals surface area contributed by atoms with Gasteiger partial charge in [-0.15, -0.1) is 0 Å². The minimum atomic E-state index is -2.41. The summed E-state index contributed by atoms with van der Waals surface area (Å²) in [5.41, 5.74) is 1.40. The van der Waals surface area contributed by atoms with Crippen LogP contribution in [0.5, 0.6) is 0 Å². The molecule has 4 rings (SSSR count). The summed E-state index contributed by atoms with van der Waals surface area (Å²) in [7, 11) is 1.59. The van der Waals surface area contributed by atoms with E-state index < -0.39 is 71.7 Å². The molecule has 0 aromatic heterocycles. The van der Waals surface area contributed by atoms with E-state index in [0.717, 1.165) is 18.4 Å². The number of aliphatic hydroxyl groups is 3. The van der Waals surface area contributed by atoms with Gasteiger partial charge in [0.25, 0.3) is 11.7 Å². The van der Waals surface area contributed by atoms with Crippen LogP contribution in [-0.2, 0) is 38.2 Å². The molecule has 0 spiro atoms. The monoisotopic (exact) mass is 882 g/mol. The third-order valence-corrected chi connectivity index (χ3v) is 14.6. The number of piperidine rings is 1. The Morgan fingerprint density at radius 2 is 1.59 bits per heavy atom. The third-order valence-electron chi connectivity index (χ3n) is 14.6. The van der Waals surface area contributed by atoms with Crippen molar-refractivity contribution in [2.24, 2.45) is 47.3 Å². The first-order valence-electron chi connectivity index (χ1n) is 23.8. The van der Waals surface area contributed by atoms with Gasteiger partial charge in [-0.25, -0.2) is 4.79 Å². The van der Waals surface area contributed by atoms with Crippen LogP contribution in [0.15, 0.2) is 47.6 Å². The lowest BCUT2D eigenvalue weighted by Crippen LogP contribution is -2.61. The molecule has 15 atom stereocenters. The maximum absolute atomic E-state index is 14.3. The van der Waals surface area contributed by atoms with Gasteiger partial charge in [0.15, 0.2) is 0 Å². The standard InChI is InChI=1S/C51H79NO11/c1-30-16-12-11-13-17-31(2)44(61-10)28-40-21-19-37(8)51(60,63-40)48(57)49(58)52-23-15-14-18-41(52)50(59)62-45(34(5)27-39-20-22-42(53)33(4)26-39)29-43(54)32(3)25-36(7)47(56)38(9)46(55)35(6)24-30/h11-13,16-17,25,30,32-35,37-42,44-45,47,53,56,60H,14-15,18-24,26-29H2,1-10H3/b13-11?,16-12+,31-17?,36-25+/t30-,32-,33-,34-,35-,37-,38+,39-,40+,41?,42-,44+,45+,47+,51-/m1/s1. The van der Waals surface area contributed by atoms with E-state index in [1.54, 1.807) is 40.9 Å². The summed E-state index contributed by atoms with van der Waals surface area (Å²) in [5, 5.41) is 33.7. The fourth-order valence-electron chi connectivity index (χ4n) is 10.2. The van der Waals surface area contributed by atoms with Crippen LogP contribution < -0.4 is 0 Å². The molecule has 0 radical (unpaired) electrons. The number of fused-ring (bicyclic) bond motifs is 3. The van der Waals surface area contributed by atoms with Gasteiger partial charge in [0.05, 0.1) is 24.4 Å². The summed E-state index contributed by atoms with van der Waals surface area (Å²) < 4.78 is 18.3. The number of carbonyl (C=O) groups excluding carboxylic acids is 5. The number of rotatable bonds is 4. The Bertz CT molecular complexity index is 1720. The van der Waals surface area contributed by atoms with Crippen LogP contribution in [0, 0.1) is 47.3 Å². The van der Waals surface area contributed by atoms with E-state index in [1.165, 1.54) is 4.90 Å². The maximum Gasteiger partial charge on any atom is 0.329 e. The van der Waals surface area contributed by atoms with E-state index in [-0.39, 0.29) is 66.6 Å². The Kier molecular flexibility index (Phi) is 19.7. The first kappa shape index (κ1) is 52.3. The molecule has 1 saturated carbocycles. The summed E-state index contributed by atoms with van der Waals surface area (Å²) in [6, 6.07) is -1.10. The van der Waals surface area contributed by atoms with Crippen molar-refractivity contribution in [3.05, 3.63) is 47.6 Å². The van der Waals surface area contributed by atoms with Gasteiger partial charge in [0.2, 0.25) is 5.79 Å². The second-order valence-corrected chi connectivity index (χ2v) is 19.9. The Morgan fingerprint density at radius 3 is 2.27 bits per heavy atom. The highest BCUT2D eigenvalue weighted by Gasteiger charge is 2.53. The predicted molar refractivity (Wildman–Crippen MR) is 242 cm³/mol. The molecule has 1 amide bonds. The third kappa shape index (κ3) is 13.9. The molecule has 2 bridgehead atoms. The molecule has 3 heterocycles. The molecule has 3 aliphatic heterocycles. The van der Waals surface area contributed by atoms with Crippen molar-refractivity contribution in [1.82, 2.24) is 4.90 Å². The molecular weight excluding hydrogens is 803 g/mol. The van der Waals surface area contributed by atoms with Crippen molar-refractivity contribution in [2.75, 3.05) is 13.7 Å². The lowest BCUT2D eigenvalue weighted by Gasteiger charge is -2.42. The normalized spacial score (nSPS) is 40.0. The second kappa shape index (κ2) is 23.8. The Labute approximate surface area is 376 Å². The van der Waals surface area contributed by atoms with Crippen molar-refractivity contribution >= 4 is 29.2 Å². The Hall–Kier alpha value is -3.29. The Balaban J connectivity index is 1.68. The Morgan fingerprint density at radius 1 is 0.873 bits per heavy atom. The second-order valence-electron chi connectivity index (χ2n) is 19.9. The quantitative estimate of drug-likeness (QED) is 0.146. The van der Waals surface area contributed by atoms with Crippen LogP contribution in [0.2, 0.25) is 0 Å². The molecule has 12 heteroatoms. The number of amides is 1. The van der Waals surface area contributed by atoms with Crippen molar-refractivity contribution in [2.45, 2.75) is 182 Å². The number of ketones is 3. The number of ether oxygens (including phenoxy) is 3. The molecule has 0 aromatic carbocycles. The van der Waals surface area contributed by atoms with Gasteiger partial charge in [-0.1, -0.05) is 84.9 Å². The molecule has 3 N–H and O–H groups in total. The summed E-state index contributed by atoms with van der Waals surface area (Å²) in [6.07, 6.45) is 14.2. The van der Waals surface area contributed by atoms with Crippen molar-refractivity contribution in [1.29, 1.82) is 0 Å². The summed E-state index contributed by atoms with van der Waals surface area (Å²) in [5.74, 6) is -7.70. The fraction of sp³-hybridized carbons (Fsp3) is 0.745. The van der Waals surface area contributed by atoms with E-state index in [2.05, 4.69) is 0 Å². The molecule has 1 unspecified atom stereocenters. The molecule has 0 aromatic rings. The van der Waals surface area contributed by atoms with E-state index in [4.69, 9.17) is 14.2 Å². The lowest BCUT2D eigenvalue weighted by atomic mass is 9.75. The minimum absolute atomic E-state index is 0.0599. The van der Waals surface area contributed by atoms with Gasteiger partial charge in [0.1, 0.15) is 23.7 Å². The number of nitrogens with zero attached hydrogens (tertiary/aromatic N) is 1. The molecule has 2 saturated heterocycles. The first-order valence-corrected chi connectivity index (χ1v) is 23.8. The summed E-state index contributed by atoms with van der Waals surface area (Å²) >= 11 is 0. The number of carbonyl (C=O) groups is 5. The van der Waals surface area contributed by atoms with E-state index in [0.29, 0.717) is 56.9 Å². The number of Topliss-reactive ketones (excluding diaryl/α,β-unsaturated/α-hetero) is 3. The van der Waals surface area contributed by atoms with Crippen LogP contribution in [0.3, 0.4) is 0 Å². The van der Waals surface area contributed by atoms with Gasteiger partial charge >= 0.3 is 5.97 Å². The zero-order valence-corrected chi connectivity index (χ0v) is 39.8. The van der Waals surface area contributed by atoms with Crippen molar-refractivity contribution in [3.63, 3.8) is 0 Å². The maximum atomic E-state index is 14.3. The number of esters is 1. The largest absolute Gasteiger partial charge is 0.460 e. The van der Waals surface area contributed by atoms with Gasteiger partial charge in [-0.2, -0.15) is 0 Å².